The minimum absolute atomic E-state index is 0.0259. The standard InChI is InChI=1S/C20H26N4O3/c1-6-24(13-19(25)21-16-8-7-9-17(12-16)27-5)20(26)11-10-18-14(2)22-23(4)15(18)3/h7-12H,6,13H2,1-5H3,(H,21,25)/b11-10+. The van der Waals surface area contributed by atoms with E-state index in [1.54, 1.807) is 42.1 Å². The van der Waals surface area contributed by atoms with Crippen molar-refractivity contribution in [3.63, 3.8) is 0 Å². The van der Waals surface area contributed by atoms with Gasteiger partial charge in [-0.05, 0) is 39.0 Å². The van der Waals surface area contributed by atoms with Gasteiger partial charge in [-0.15, -0.1) is 0 Å². The Morgan fingerprint density at radius 1 is 1.33 bits per heavy atom. The van der Waals surface area contributed by atoms with Crippen molar-refractivity contribution < 1.29 is 14.3 Å². The van der Waals surface area contributed by atoms with Gasteiger partial charge in [0.2, 0.25) is 11.8 Å². The normalized spacial score (nSPS) is 10.9. The number of carbonyl (C=O) groups is 2. The van der Waals surface area contributed by atoms with Crippen LogP contribution in [0.3, 0.4) is 0 Å². The molecule has 0 aliphatic carbocycles. The highest BCUT2D eigenvalue weighted by molar-refractivity contribution is 5.98. The molecule has 0 fully saturated rings. The maximum Gasteiger partial charge on any atom is 0.247 e. The number of benzene rings is 1. The van der Waals surface area contributed by atoms with Gasteiger partial charge in [0.1, 0.15) is 12.3 Å². The number of methoxy groups -OCH3 is 1. The molecule has 1 N–H and O–H groups in total. The molecule has 0 bridgehead atoms. The summed E-state index contributed by atoms with van der Waals surface area (Å²) in [6.07, 6.45) is 3.24. The molecule has 0 aliphatic heterocycles. The predicted molar refractivity (Wildman–Crippen MR) is 106 cm³/mol. The quantitative estimate of drug-likeness (QED) is 0.760. The van der Waals surface area contributed by atoms with Crippen molar-refractivity contribution in [1.82, 2.24) is 14.7 Å². The van der Waals surface area contributed by atoms with Crippen LogP contribution in [0.5, 0.6) is 5.75 Å². The Labute approximate surface area is 159 Å². The second kappa shape index (κ2) is 9.02. The van der Waals surface area contributed by atoms with Crippen molar-refractivity contribution in [1.29, 1.82) is 0 Å². The molecule has 0 atom stereocenters. The molecule has 1 aromatic heterocycles. The van der Waals surface area contributed by atoms with Crippen LogP contribution in [-0.2, 0) is 16.6 Å². The van der Waals surface area contributed by atoms with Crippen molar-refractivity contribution in [2.75, 3.05) is 25.5 Å². The molecule has 0 aliphatic rings. The molecule has 2 aromatic rings. The summed E-state index contributed by atoms with van der Waals surface area (Å²) < 4.78 is 6.92. The molecule has 7 heteroatoms. The van der Waals surface area contributed by atoms with Gasteiger partial charge in [0, 0.05) is 42.7 Å². The van der Waals surface area contributed by atoms with E-state index >= 15 is 0 Å². The Morgan fingerprint density at radius 2 is 2.07 bits per heavy atom. The molecule has 144 valence electrons. The number of hydrogen-bond acceptors (Lipinski definition) is 4. The van der Waals surface area contributed by atoms with E-state index in [2.05, 4.69) is 10.4 Å². The molecule has 1 heterocycles. The van der Waals surface area contributed by atoms with Gasteiger partial charge in [0.25, 0.3) is 0 Å². The highest BCUT2D eigenvalue weighted by Gasteiger charge is 2.14. The van der Waals surface area contributed by atoms with E-state index in [0.29, 0.717) is 18.0 Å². The maximum absolute atomic E-state index is 12.5. The molecular formula is C20H26N4O3. The van der Waals surface area contributed by atoms with Crippen molar-refractivity contribution in [2.45, 2.75) is 20.8 Å². The highest BCUT2D eigenvalue weighted by atomic mass is 16.5. The van der Waals surface area contributed by atoms with Crippen LogP contribution in [0.2, 0.25) is 0 Å². The van der Waals surface area contributed by atoms with Crippen LogP contribution in [0.25, 0.3) is 6.08 Å². The molecule has 2 rings (SSSR count). The summed E-state index contributed by atoms with van der Waals surface area (Å²) in [7, 11) is 3.43. The lowest BCUT2D eigenvalue weighted by Gasteiger charge is -2.18. The number of amides is 2. The molecule has 27 heavy (non-hydrogen) atoms. The van der Waals surface area contributed by atoms with E-state index in [-0.39, 0.29) is 18.4 Å². The third kappa shape index (κ3) is 5.20. The number of ether oxygens (including phenoxy) is 1. The summed E-state index contributed by atoms with van der Waals surface area (Å²) in [4.78, 5) is 26.2. The van der Waals surface area contributed by atoms with E-state index in [4.69, 9.17) is 4.74 Å². The average Bonchev–Trinajstić information content (AvgIpc) is 2.89. The van der Waals surface area contributed by atoms with Gasteiger partial charge in [-0.1, -0.05) is 6.07 Å². The van der Waals surface area contributed by atoms with E-state index in [0.717, 1.165) is 17.0 Å². The summed E-state index contributed by atoms with van der Waals surface area (Å²) in [5.41, 5.74) is 3.39. The van der Waals surface area contributed by atoms with Crippen LogP contribution in [0.4, 0.5) is 5.69 Å². The third-order valence-corrected chi connectivity index (χ3v) is 4.34. The van der Waals surface area contributed by atoms with Gasteiger partial charge in [-0.3, -0.25) is 14.3 Å². The fraction of sp³-hybridized carbons (Fsp3) is 0.350. The smallest absolute Gasteiger partial charge is 0.247 e. The molecular weight excluding hydrogens is 344 g/mol. The predicted octanol–water partition coefficient (Wildman–Crippen LogP) is 2.55. The Kier molecular flexibility index (Phi) is 6.76. The van der Waals surface area contributed by atoms with E-state index in [9.17, 15) is 9.59 Å². The Bertz CT molecular complexity index is 855. The average molecular weight is 370 g/mol. The second-order valence-corrected chi connectivity index (χ2v) is 6.17. The molecule has 2 amide bonds. The molecule has 0 saturated heterocycles. The number of hydrogen-bond donors (Lipinski definition) is 1. The van der Waals surface area contributed by atoms with Crippen LogP contribution in [0.15, 0.2) is 30.3 Å². The molecule has 0 unspecified atom stereocenters. The Morgan fingerprint density at radius 3 is 2.67 bits per heavy atom. The first kappa shape index (κ1) is 20.2. The fourth-order valence-electron chi connectivity index (χ4n) is 2.71. The summed E-state index contributed by atoms with van der Waals surface area (Å²) >= 11 is 0. The highest BCUT2D eigenvalue weighted by Crippen LogP contribution is 2.17. The summed E-state index contributed by atoms with van der Waals surface area (Å²) in [5.74, 6) is 0.169. The van der Waals surface area contributed by atoms with E-state index in [1.807, 2.05) is 27.8 Å². The summed E-state index contributed by atoms with van der Waals surface area (Å²) in [5, 5.41) is 7.11. The number of anilines is 1. The van der Waals surface area contributed by atoms with Crippen LogP contribution < -0.4 is 10.1 Å². The van der Waals surface area contributed by atoms with Crippen molar-refractivity contribution >= 4 is 23.6 Å². The fourth-order valence-corrected chi connectivity index (χ4v) is 2.71. The maximum atomic E-state index is 12.5. The van der Waals surface area contributed by atoms with Gasteiger partial charge < -0.3 is 15.0 Å². The van der Waals surface area contributed by atoms with Crippen molar-refractivity contribution in [3.05, 3.63) is 47.3 Å². The first-order valence-corrected chi connectivity index (χ1v) is 8.76. The zero-order valence-electron chi connectivity index (χ0n) is 16.4. The van der Waals surface area contributed by atoms with Gasteiger partial charge in [0.15, 0.2) is 0 Å². The molecule has 0 saturated carbocycles. The summed E-state index contributed by atoms with van der Waals surface area (Å²) in [6.45, 7) is 6.09. The lowest BCUT2D eigenvalue weighted by molar-refractivity contribution is -0.130. The van der Waals surface area contributed by atoms with Crippen LogP contribution in [0, 0.1) is 13.8 Å². The molecule has 7 nitrogen and oxygen atoms in total. The molecule has 0 radical (unpaired) electrons. The number of carbonyl (C=O) groups excluding carboxylic acids is 2. The lowest BCUT2D eigenvalue weighted by atomic mass is 10.2. The van der Waals surface area contributed by atoms with Crippen LogP contribution in [0.1, 0.15) is 23.9 Å². The number of aromatic nitrogens is 2. The summed E-state index contributed by atoms with van der Waals surface area (Å²) in [6, 6.07) is 7.08. The van der Waals surface area contributed by atoms with Gasteiger partial charge in [-0.2, -0.15) is 5.10 Å². The SMILES string of the molecule is CCN(CC(=O)Nc1cccc(OC)c1)C(=O)/C=C/c1c(C)nn(C)c1C. The molecule has 1 aromatic carbocycles. The Balaban J connectivity index is 2.01. The van der Waals surface area contributed by atoms with Gasteiger partial charge >= 0.3 is 0 Å². The number of rotatable bonds is 7. The zero-order chi connectivity index (χ0) is 20.0. The number of aryl methyl sites for hydroxylation is 2. The lowest BCUT2D eigenvalue weighted by Crippen LogP contribution is -2.36. The topological polar surface area (TPSA) is 76.5 Å². The van der Waals surface area contributed by atoms with Crippen molar-refractivity contribution in [2.24, 2.45) is 7.05 Å². The van der Waals surface area contributed by atoms with E-state index in [1.165, 1.54) is 11.0 Å². The first-order valence-electron chi connectivity index (χ1n) is 8.76. The third-order valence-electron chi connectivity index (χ3n) is 4.34. The van der Waals surface area contributed by atoms with Crippen LogP contribution >= 0.6 is 0 Å². The van der Waals surface area contributed by atoms with Gasteiger partial charge in [0.05, 0.1) is 12.8 Å². The monoisotopic (exact) mass is 370 g/mol. The number of likely N-dealkylation sites (N-methyl/N-ethyl adjacent to an activating group) is 1. The minimum atomic E-state index is -0.263. The van der Waals surface area contributed by atoms with Crippen molar-refractivity contribution in [3.8, 4) is 5.75 Å². The number of nitrogens with one attached hydrogen (secondary N) is 1. The second-order valence-electron chi connectivity index (χ2n) is 6.17. The zero-order valence-corrected chi connectivity index (χ0v) is 16.4. The largest absolute Gasteiger partial charge is 0.497 e. The molecule has 0 spiro atoms. The Hall–Kier alpha value is -3.09. The minimum Gasteiger partial charge on any atom is -0.497 e. The first-order chi connectivity index (χ1) is 12.8. The van der Waals surface area contributed by atoms with Crippen LogP contribution in [-0.4, -0.2) is 46.7 Å². The number of nitrogens with zero attached hydrogens (tertiary/aromatic N) is 3. The van der Waals surface area contributed by atoms with E-state index < -0.39 is 0 Å². The van der Waals surface area contributed by atoms with Gasteiger partial charge in [-0.25, -0.2) is 0 Å².